The minimum atomic E-state index is -1.01. The van der Waals surface area contributed by atoms with Crippen molar-refractivity contribution in [3.8, 4) is 5.75 Å². The lowest BCUT2D eigenvalue weighted by molar-refractivity contribution is -0.201. The molecule has 0 N–H and O–H groups in total. The highest BCUT2D eigenvalue weighted by molar-refractivity contribution is 14.1. The fourth-order valence-corrected chi connectivity index (χ4v) is 5.20. The van der Waals surface area contributed by atoms with Gasteiger partial charge in [-0.25, -0.2) is 0 Å². The molecule has 26 heavy (non-hydrogen) atoms. The highest BCUT2D eigenvalue weighted by Crippen LogP contribution is 2.60. The van der Waals surface area contributed by atoms with E-state index < -0.39 is 17.3 Å². The van der Waals surface area contributed by atoms with E-state index in [1.807, 2.05) is 24.3 Å². The van der Waals surface area contributed by atoms with Crippen molar-refractivity contribution in [3.05, 3.63) is 52.1 Å². The van der Waals surface area contributed by atoms with E-state index in [2.05, 4.69) is 35.2 Å². The summed E-state index contributed by atoms with van der Waals surface area (Å²) in [7, 11) is 3.24. The predicted molar refractivity (Wildman–Crippen MR) is 104 cm³/mol. The van der Waals surface area contributed by atoms with Crippen LogP contribution in [0.5, 0.6) is 5.75 Å². The minimum absolute atomic E-state index is 0.0918. The second kappa shape index (κ2) is 6.35. The summed E-state index contributed by atoms with van der Waals surface area (Å²) < 4.78 is 24.2. The summed E-state index contributed by atoms with van der Waals surface area (Å²) in [4.78, 5) is 13.0. The molecule has 3 aliphatic rings. The van der Waals surface area contributed by atoms with Gasteiger partial charge in [0.05, 0.1) is 25.7 Å². The molecule has 1 aromatic rings. The number of benzene rings is 1. The van der Waals surface area contributed by atoms with Gasteiger partial charge in [-0.3, -0.25) is 4.79 Å². The van der Waals surface area contributed by atoms with Crippen molar-refractivity contribution < 1.29 is 23.7 Å². The molecule has 0 unspecified atom stereocenters. The summed E-state index contributed by atoms with van der Waals surface area (Å²) in [6.45, 7) is 4.47. The molecule has 0 spiro atoms. The standard InChI is InChI=1S/C20H21IO5/c1-4-19-16(24-3)8-5-12-11-25-20(17(12)19,26-18(19)22)10-13-9-14(23-2)6-7-15(13)21/h4-9,12,16-17H,1,10-11H2,2-3H3/t12-,16-,17+,19-,20-/m0/s1. The summed E-state index contributed by atoms with van der Waals surface area (Å²) in [6, 6.07) is 5.88. The van der Waals surface area contributed by atoms with E-state index in [4.69, 9.17) is 18.9 Å². The van der Waals surface area contributed by atoms with Gasteiger partial charge in [-0.1, -0.05) is 18.2 Å². The van der Waals surface area contributed by atoms with Crippen molar-refractivity contribution in [2.24, 2.45) is 17.3 Å². The first-order valence-electron chi connectivity index (χ1n) is 8.55. The Morgan fingerprint density at radius 1 is 1.38 bits per heavy atom. The molecule has 2 aliphatic heterocycles. The Bertz CT molecular complexity index is 790. The van der Waals surface area contributed by atoms with Crippen molar-refractivity contribution in [3.63, 3.8) is 0 Å². The first-order chi connectivity index (χ1) is 12.5. The molecule has 138 valence electrons. The van der Waals surface area contributed by atoms with Crippen LogP contribution in [-0.4, -0.2) is 38.7 Å². The van der Waals surface area contributed by atoms with Gasteiger partial charge < -0.3 is 18.9 Å². The number of hydrogen-bond acceptors (Lipinski definition) is 5. The minimum Gasteiger partial charge on any atom is -0.497 e. The molecule has 1 aromatic carbocycles. The van der Waals surface area contributed by atoms with Crippen LogP contribution in [0.15, 0.2) is 43.0 Å². The third kappa shape index (κ3) is 2.31. The molecule has 2 fully saturated rings. The van der Waals surface area contributed by atoms with E-state index in [1.165, 1.54) is 0 Å². The van der Waals surface area contributed by atoms with Crippen LogP contribution in [0.4, 0.5) is 0 Å². The Balaban J connectivity index is 1.79. The second-order valence-electron chi connectivity index (χ2n) is 6.97. The zero-order valence-corrected chi connectivity index (χ0v) is 16.9. The maximum Gasteiger partial charge on any atom is 0.322 e. The molecule has 5 nitrogen and oxygen atoms in total. The smallest absolute Gasteiger partial charge is 0.322 e. The van der Waals surface area contributed by atoms with Gasteiger partial charge in [0.2, 0.25) is 5.79 Å². The first kappa shape index (κ1) is 18.0. The summed E-state index contributed by atoms with van der Waals surface area (Å²) >= 11 is 2.28. The lowest BCUT2D eigenvalue weighted by Crippen LogP contribution is -2.50. The third-order valence-electron chi connectivity index (χ3n) is 5.84. The number of hydrogen-bond donors (Lipinski definition) is 0. The van der Waals surface area contributed by atoms with E-state index >= 15 is 0 Å². The molecule has 0 amide bonds. The van der Waals surface area contributed by atoms with Crippen LogP contribution >= 0.6 is 22.6 Å². The monoisotopic (exact) mass is 468 g/mol. The SMILES string of the molecule is C=C[C@]12C(=O)O[C@]3(Cc4cc(OC)ccc4I)OC[C@H](C=C[C@@H]1OC)[C@@H]32. The van der Waals surface area contributed by atoms with Crippen molar-refractivity contribution in [2.75, 3.05) is 20.8 Å². The predicted octanol–water partition coefficient (Wildman–Crippen LogP) is 3.12. The van der Waals surface area contributed by atoms with Gasteiger partial charge in [-0.05, 0) is 46.4 Å². The number of rotatable bonds is 5. The molecular formula is C20H21IO5. The van der Waals surface area contributed by atoms with Gasteiger partial charge in [-0.15, -0.1) is 6.58 Å². The van der Waals surface area contributed by atoms with Crippen molar-refractivity contribution in [2.45, 2.75) is 18.3 Å². The topological polar surface area (TPSA) is 54.0 Å². The molecule has 5 atom stereocenters. The third-order valence-corrected chi connectivity index (χ3v) is 6.89. The maximum absolute atomic E-state index is 13.0. The summed E-state index contributed by atoms with van der Waals surface area (Å²) in [5, 5.41) is 0. The van der Waals surface area contributed by atoms with Gasteiger partial charge in [0.25, 0.3) is 0 Å². The lowest BCUT2D eigenvalue weighted by Gasteiger charge is -2.39. The van der Waals surface area contributed by atoms with Crippen LogP contribution in [0.25, 0.3) is 0 Å². The van der Waals surface area contributed by atoms with Crippen LogP contribution in [0, 0.1) is 20.8 Å². The van der Waals surface area contributed by atoms with E-state index in [0.29, 0.717) is 13.0 Å². The Morgan fingerprint density at radius 2 is 2.19 bits per heavy atom. The number of methoxy groups -OCH3 is 2. The lowest BCUT2D eigenvalue weighted by atomic mass is 9.62. The van der Waals surface area contributed by atoms with Crippen molar-refractivity contribution in [1.29, 1.82) is 0 Å². The van der Waals surface area contributed by atoms with Gasteiger partial charge >= 0.3 is 5.97 Å². The number of carbonyl (C=O) groups is 1. The largest absolute Gasteiger partial charge is 0.497 e. The van der Waals surface area contributed by atoms with E-state index in [1.54, 1.807) is 20.3 Å². The molecule has 0 saturated carbocycles. The van der Waals surface area contributed by atoms with Crippen LogP contribution in [0.2, 0.25) is 0 Å². The molecule has 0 radical (unpaired) electrons. The molecule has 6 heteroatoms. The molecule has 2 heterocycles. The highest BCUT2D eigenvalue weighted by atomic mass is 127. The van der Waals surface area contributed by atoms with Gasteiger partial charge in [0.1, 0.15) is 11.2 Å². The normalized spacial score (nSPS) is 37.3. The van der Waals surface area contributed by atoms with Crippen LogP contribution < -0.4 is 4.74 Å². The Labute approximate surface area is 166 Å². The quantitative estimate of drug-likeness (QED) is 0.378. The summed E-state index contributed by atoms with van der Waals surface area (Å²) in [5.41, 5.74) is 0.108. The number of esters is 1. The Hall–Kier alpha value is -1.38. The molecular weight excluding hydrogens is 447 g/mol. The molecule has 0 aromatic heterocycles. The Kier molecular flexibility index (Phi) is 4.40. The van der Waals surface area contributed by atoms with Crippen LogP contribution in [0.1, 0.15) is 5.56 Å². The van der Waals surface area contributed by atoms with Crippen LogP contribution in [0.3, 0.4) is 0 Å². The zero-order valence-electron chi connectivity index (χ0n) is 14.7. The second-order valence-corrected chi connectivity index (χ2v) is 8.13. The van der Waals surface area contributed by atoms with Gasteiger partial charge in [0, 0.05) is 23.0 Å². The molecule has 2 saturated heterocycles. The fraction of sp³-hybridized carbons (Fsp3) is 0.450. The summed E-state index contributed by atoms with van der Waals surface area (Å²) in [5.74, 6) is -0.643. The van der Waals surface area contributed by atoms with E-state index in [9.17, 15) is 4.79 Å². The number of ether oxygens (including phenoxy) is 4. The molecule has 4 rings (SSSR count). The Morgan fingerprint density at radius 3 is 2.88 bits per heavy atom. The number of halogens is 1. The average molecular weight is 468 g/mol. The highest BCUT2D eigenvalue weighted by Gasteiger charge is 2.72. The van der Waals surface area contributed by atoms with Gasteiger partial charge in [0.15, 0.2) is 0 Å². The maximum atomic E-state index is 13.0. The number of carbonyl (C=O) groups excluding carboxylic acids is 1. The first-order valence-corrected chi connectivity index (χ1v) is 9.63. The van der Waals surface area contributed by atoms with Crippen molar-refractivity contribution >= 4 is 28.6 Å². The van der Waals surface area contributed by atoms with E-state index in [-0.39, 0.29) is 17.8 Å². The zero-order chi connectivity index (χ0) is 18.5. The van der Waals surface area contributed by atoms with Crippen LogP contribution in [-0.2, 0) is 25.4 Å². The fourth-order valence-electron chi connectivity index (χ4n) is 4.67. The van der Waals surface area contributed by atoms with Crippen molar-refractivity contribution in [1.82, 2.24) is 0 Å². The summed E-state index contributed by atoms with van der Waals surface area (Å²) in [6.07, 6.45) is 5.78. The molecule has 0 bridgehead atoms. The molecule has 1 aliphatic carbocycles. The van der Waals surface area contributed by atoms with E-state index in [0.717, 1.165) is 14.9 Å². The average Bonchev–Trinajstić information content (AvgIpc) is 3.13. The van der Waals surface area contributed by atoms with Gasteiger partial charge in [-0.2, -0.15) is 0 Å².